The van der Waals surface area contributed by atoms with Gasteiger partial charge in [0.15, 0.2) is 0 Å². The number of methoxy groups -OCH3 is 1. The first-order valence-corrected chi connectivity index (χ1v) is 11.7. The van der Waals surface area contributed by atoms with E-state index in [0.29, 0.717) is 31.4 Å². The number of carboxylic acids is 1. The monoisotopic (exact) mass is 473 g/mol. The lowest BCUT2D eigenvalue weighted by atomic mass is 9.71. The maximum Gasteiger partial charge on any atom is 0.304 e. The van der Waals surface area contributed by atoms with Crippen LogP contribution in [-0.2, 0) is 16.1 Å². The van der Waals surface area contributed by atoms with Gasteiger partial charge in [0.2, 0.25) is 5.82 Å². The zero-order valence-corrected chi connectivity index (χ0v) is 20.4. The minimum atomic E-state index is -0.797. The van der Waals surface area contributed by atoms with Gasteiger partial charge in [-0.05, 0) is 36.2 Å². The maximum atomic E-state index is 10.8. The Bertz CT molecular complexity index is 1230. The van der Waals surface area contributed by atoms with Gasteiger partial charge in [-0.25, -0.2) is 0 Å². The summed E-state index contributed by atoms with van der Waals surface area (Å²) in [6.07, 6.45) is 5.02. The van der Waals surface area contributed by atoms with Crippen molar-refractivity contribution in [3.05, 3.63) is 83.8 Å². The lowest BCUT2D eigenvalue weighted by Crippen LogP contribution is -2.27. The Balaban J connectivity index is 1.55. The second-order valence-corrected chi connectivity index (χ2v) is 9.31. The standard InChI is InChI=1S/C28H31N3O4/c1-28(19-34-3)17-23(12-13-24(28)21-9-5-4-6-10-21)27-29-26(30-35-27)22-11-7-8-20(16-22)18-31(2)15-14-25(32)33/h4-13,16H,14-15,17-19H2,1-3H3,(H,32,33). The fourth-order valence-electron chi connectivity index (χ4n) is 4.57. The molecule has 1 N–H and O–H groups in total. The van der Waals surface area contributed by atoms with Gasteiger partial charge in [0.1, 0.15) is 0 Å². The summed E-state index contributed by atoms with van der Waals surface area (Å²) in [6.45, 7) is 3.89. The zero-order valence-electron chi connectivity index (χ0n) is 20.4. The second-order valence-electron chi connectivity index (χ2n) is 9.31. The van der Waals surface area contributed by atoms with Crippen molar-refractivity contribution >= 4 is 17.1 Å². The summed E-state index contributed by atoms with van der Waals surface area (Å²) in [5.41, 5.74) is 5.08. The molecule has 1 aromatic heterocycles. The number of aliphatic carboxylic acids is 1. The number of carbonyl (C=O) groups is 1. The van der Waals surface area contributed by atoms with Crippen molar-refractivity contribution in [1.82, 2.24) is 15.0 Å². The average molecular weight is 474 g/mol. The number of allylic oxidation sites excluding steroid dienone is 3. The summed E-state index contributed by atoms with van der Waals surface area (Å²) in [5.74, 6) is 0.242. The van der Waals surface area contributed by atoms with Crippen molar-refractivity contribution in [3.8, 4) is 11.4 Å². The van der Waals surface area contributed by atoms with E-state index >= 15 is 0 Å². The summed E-state index contributed by atoms with van der Waals surface area (Å²) < 4.78 is 11.3. The number of benzene rings is 2. The molecule has 35 heavy (non-hydrogen) atoms. The van der Waals surface area contributed by atoms with E-state index in [0.717, 1.165) is 23.1 Å². The molecule has 3 aromatic rings. The summed E-state index contributed by atoms with van der Waals surface area (Å²) in [7, 11) is 3.63. The molecule has 0 radical (unpaired) electrons. The van der Waals surface area contributed by atoms with Gasteiger partial charge in [-0.15, -0.1) is 0 Å². The van der Waals surface area contributed by atoms with Crippen molar-refractivity contribution in [2.75, 3.05) is 27.3 Å². The van der Waals surface area contributed by atoms with Crippen LogP contribution in [-0.4, -0.2) is 53.4 Å². The number of ether oxygens (including phenoxy) is 1. The van der Waals surface area contributed by atoms with Crippen LogP contribution in [0.5, 0.6) is 0 Å². The molecule has 0 fully saturated rings. The molecular formula is C28H31N3O4. The molecule has 1 heterocycles. The lowest BCUT2D eigenvalue weighted by Gasteiger charge is -2.34. The number of hydrogen-bond acceptors (Lipinski definition) is 6. The quantitative estimate of drug-likeness (QED) is 0.435. The summed E-state index contributed by atoms with van der Waals surface area (Å²) >= 11 is 0. The van der Waals surface area contributed by atoms with E-state index in [1.54, 1.807) is 7.11 Å². The van der Waals surface area contributed by atoms with Gasteiger partial charge in [0, 0.05) is 36.8 Å². The van der Waals surface area contributed by atoms with Crippen molar-refractivity contribution < 1.29 is 19.2 Å². The van der Waals surface area contributed by atoms with E-state index in [1.807, 2.05) is 54.4 Å². The van der Waals surface area contributed by atoms with Crippen molar-refractivity contribution in [2.24, 2.45) is 5.41 Å². The summed E-state index contributed by atoms with van der Waals surface area (Å²) in [6, 6.07) is 18.3. The normalized spacial score (nSPS) is 17.8. The first kappa shape index (κ1) is 24.6. The molecule has 2 aromatic carbocycles. The molecule has 0 amide bonds. The molecule has 1 aliphatic rings. The molecule has 0 spiro atoms. The van der Waals surface area contributed by atoms with Crippen LogP contribution in [0.1, 0.15) is 36.8 Å². The van der Waals surface area contributed by atoms with E-state index < -0.39 is 5.97 Å². The zero-order chi connectivity index (χ0) is 24.8. The Morgan fingerprint density at radius 3 is 2.66 bits per heavy atom. The van der Waals surface area contributed by atoms with E-state index in [1.165, 1.54) is 11.1 Å². The minimum Gasteiger partial charge on any atom is -0.481 e. The van der Waals surface area contributed by atoms with Crippen LogP contribution < -0.4 is 0 Å². The summed E-state index contributed by atoms with van der Waals surface area (Å²) in [5, 5.41) is 13.1. The van der Waals surface area contributed by atoms with Gasteiger partial charge in [-0.3, -0.25) is 4.79 Å². The molecule has 1 unspecified atom stereocenters. The average Bonchev–Trinajstić information content (AvgIpc) is 3.34. The minimum absolute atomic E-state index is 0.113. The highest BCUT2D eigenvalue weighted by Gasteiger charge is 2.35. The third-order valence-electron chi connectivity index (χ3n) is 6.28. The van der Waals surface area contributed by atoms with Crippen LogP contribution in [0.2, 0.25) is 0 Å². The largest absolute Gasteiger partial charge is 0.481 e. The molecule has 0 bridgehead atoms. The SMILES string of the molecule is COCC1(C)CC(c2nc(-c3cccc(CN(C)CCC(=O)O)c3)no2)=CC=C1c1ccccc1. The fraction of sp³-hybridized carbons (Fsp3) is 0.321. The Morgan fingerprint density at radius 2 is 1.91 bits per heavy atom. The van der Waals surface area contributed by atoms with E-state index in [2.05, 4.69) is 36.4 Å². The van der Waals surface area contributed by atoms with Crippen LogP contribution in [0.25, 0.3) is 22.5 Å². The highest BCUT2D eigenvalue weighted by atomic mass is 16.5. The van der Waals surface area contributed by atoms with Crippen molar-refractivity contribution in [1.29, 1.82) is 0 Å². The van der Waals surface area contributed by atoms with Gasteiger partial charge < -0.3 is 19.3 Å². The molecule has 0 aliphatic heterocycles. The molecule has 7 heteroatoms. The number of nitrogens with zero attached hydrogens (tertiary/aromatic N) is 3. The lowest BCUT2D eigenvalue weighted by molar-refractivity contribution is -0.137. The fourth-order valence-corrected chi connectivity index (χ4v) is 4.57. The topological polar surface area (TPSA) is 88.7 Å². The Morgan fingerprint density at radius 1 is 1.14 bits per heavy atom. The number of rotatable bonds is 10. The predicted octanol–water partition coefficient (Wildman–Crippen LogP) is 5.17. The second kappa shape index (κ2) is 10.8. The number of carboxylic acid groups (broad SMARTS) is 1. The van der Waals surface area contributed by atoms with Crippen LogP contribution in [0.4, 0.5) is 0 Å². The van der Waals surface area contributed by atoms with Crippen LogP contribution in [0, 0.1) is 5.41 Å². The Kier molecular flexibility index (Phi) is 7.58. The van der Waals surface area contributed by atoms with Crippen LogP contribution in [0.15, 0.2) is 71.3 Å². The third-order valence-corrected chi connectivity index (χ3v) is 6.28. The molecule has 7 nitrogen and oxygen atoms in total. The number of hydrogen-bond donors (Lipinski definition) is 1. The van der Waals surface area contributed by atoms with Crippen molar-refractivity contribution in [3.63, 3.8) is 0 Å². The molecule has 0 saturated carbocycles. The molecule has 1 aliphatic carbocycles. The maximum absolute atomic E-state index is 10.8. The molecule has 182 valence electrons. The van der Waals surface area contributed by atoms with Crippen molar-refractivity contribution in [2.45, 2.75) is 26.3 Å². The summed E-state index contributed by atoms with van der Waals surface area (Å²) in [4.78, 5) is 17.5. The van der Waals surface area contributed by atoms with Crippen LogP contribution in [0.3, 0.4) is 0 Å². The van der Waals surface area contributed by atoms with Gasteiger partial charge in [0.25, 0.3) is 5.89 Å². The molecule has 0 saturated heterocycles. The van der Waals surface area contributed by atoms with Gasteiger partial charge in [-0.2, -0.15) is 4.98 Å². The van der Waals surface area contributed by atoms with E-state index in [-0.39, 0.29) is 11.8 Å². The van der Waals surface area contributed by atoms with Crippen LogP contribution >= 0.6 is 0 Å². The Labute approximate surface area is 205 Å². The van der Waals surface area contributed by atoms with Gasteiger partial charge in [-0.1, -0.05) is 72.8 Å². The van der Waals surface area contributed by atoms with Gasteiger partial charge in [0.05, 0.1) is 13.0 Å². The third kappa shape index (κ3) is 5.93. The Hall–Kier alpha value is -3.55. The highest BCUT2D eigenvalue weighted by Crippen LogP contribution is 2.45. The predicted molar refractivity (Wildman–Crippen MR) is 135 cm³/mol. The number of aromatic nitrogens is 2. The molecule has 1 atom stereocenters. The van der Waals surface area contributed by atoms with E-state index in [4.69, 9.17) is 19.4 Å². The molecule has 4 rings (SSSR count). The van der Waals surface area contributed by atoms with E-state index in [9.17, 15) is 4.79 Å². The smallest absolute Gasteiger partial charge is 0.304 e. The first-order valence-electron chi connectivity index (χ1n) is 11.7. The highest BCUT2D eigenvalue weighted by molar-refractivity contribution is 5.80. The first-order chi connectivity index (χ1) is 16.9. The molecular weight excluding hydrogens is 442 g/mol. The van der Waals surface area contributed by atoms with Gasteiger partial charge >= 0.3 is 5.97 Å².